The van der Waals surface area contributed by atoms with Crippen molar-refractivity contribution in [3.8, 4) is 0 Å². The van der Waals surface area contributed by atoms with Gasteiger partial charge in [-0.1, -0.05) is 11.6 Å². The number of furan rings is 1. The Morgan fingerprint density at radius 3 is 2.54 bits per heavy atom. The molecule has 11 heteroatoms. The van der Waals surface area contributed by atoms with Gasteiger partial charge < -0.3 is 25.1 Å². The first-order chi connectivity index (χ1) is 16.9. The number of likely N-dealkylation sites (N-methyl/N-ethyl adjacent to an activating group) is 1. The fraction of sp³-hybridized carbons (Fsp3) is 0.375. The summed E-state index contributed by atoms with van der Waals surface area (Å²) in [5.74, 6) is -1.15. The molecule has 3 aromatic heterocycles. The molecular weight excluding hydrogens is 474 g/mol. The Hall–Kier alpha value is -3.50. The summed E-state index contributed by atoms with van der Waals surface area (Å²) in [6, 6.07) is 6.48. The Labute approximate surface area is 206 Å². The molecule has 35 heavy (non-hydrogen) atoms. The van der Waals surface area contributed by atoms with Crippen LogP contribution < -0.4 is 10.6 Å². The molecule has 3 heterocycles. The fourth-order valence-corrected chi connectivity index (χ4v) is 4.34. The van der Waals surface area contributed by atoms with E-state index in [2.05, 4.69) is 20.6 Å². The normalized spacial score (nSPS) is 17.7. The van der Waals surface area contributed by atoms with Crippen LogP contribution in [0.15, 0.2) is 41.1 Å². The van der Waals surface area contributed by atoms with Crippen molar-refractivity contribution < 1.29 is 23.9 Å². The average molecular weight is 500 g/mol. The van der Waals surface area contributed by atoms with Crippen molar-refractivity contribution in [2.45, 2.75) is 25.7 Å². The number of rotatable bonds is 7. The number of aromatic nitrogens is 2. The number of hydrogen-bond donors (Lipinski definition) is 3. The first-order valence-electron chi connectivity index (χ1n) is 11.3. The van der Waals surface area contributed by atoms with E-state index in [9.17, 15) is 14.4 Å². The lowest BCUT2D eigenvalue weighted by atomic mass is 9.81. The molecule has 3 aromatic rings. The minimum Gasteiger partial charge on any atom is -0.447 e. The quantitative estimate of drug-likeness (QED) is 0.453. The second-order valence-corrected chi connectivity index (χ2v) is 8.93. The Bertz CT molecular complexity index is 1220. The molecule has 0 aromatic carbocycles. The minimum absolute atomic E-state index is 0.0160. The number of aliphatic hydroxyl groups excluding tert-OH is 1. The predicted molar refractivity (Wildman–Crippen MR) is 130 cm³/mol. The summed E-state index contributed by atoms with van der Waals surface area (Å²) in [5, 5.41) is 15.0. The van der Waals surface area contributed by atoms with Crippen LogP contribution in [-0.2, 0) is 9.59 Å². The van der Waals surface area contributed by atoms with Gasteiger partial charge in [0.25, 0.3) is 5.91 Å². The highest BCUT2D eigenvalue weighted by Crippen LogP contribution is 2.34. The van der Waals surface area contributed by atoms with E-state index in [-0.39, 0.29) is 54.1 Å². The predicted octanol–water partition coefficient (Wildman–Crippen LogP) is 3.32. The van der Waals surface area contributed by atoms with Crippen LogP contribution in [0.5, 0.6) is 0 Å². The third-order valence-electron chi connectivity index (χ3n) is 6.13. The van der Waals surface area contributed by atoms with Crippen molar-refractivity contribution in [1.82, 2.24) is 14.9 Å². The largest absolute Gasteiger partial charge is 0.447 e. The average Bonchev–Trinajstić information content (AvgIpc) is 3.23. The smallest absolute Gasteiger partial charge is 0.294 e. The third kappa shape index (κ3) is 5.60. The molecule has 3 amide bonds. The van der Waals surface area contributed by atoms with Gasteiger partial charge in [-0.3, -0.25) is 19.4 Å². The molecule has 1 saturated carbocycles. The molecule has 0 atom stereocenters. The first kappa shape index (κ1) is 24.6. The molecule has 0 bridgehead atoms. The highest BCUT2D eigenvalue weighted by Gasteiger charge is 2.33. The molecule has 0 radical (unpaired) electrons. The van der Waals surface area contributed by atoms with Crippen molar-refractivity contribution in [1.29, 1.82) is 0 Å². The van der Waals surface area contributed by atoms with Gasteiger partial charge in [-0.2, -0.15) is 0 Å². The number of anilines is 2. The van der Waals surface area contributed by atoms with Crippen LogP contribution in [0.25, 0.3) is 11.1 Å². The molecule has 1 fully saturated rings. The monoisotopic (exact) mass is 499 g/mol. The zero-order valence-corrected chi connectivity index (χ0v) is 19.9. The highest BCUT2D eigenvalue weighted by atomic mass is 35.5. The first-order valence-corrected chi connectivity index (χ1v) is 11.7. The summed E-state index contributed by atoms with van der Waals surface area (Å²) < 4.78 is 5.73. The van der Waals surface area contributed by atoms with Gasteiger partial charge in [0.05, 0.1) is 11.6 Å². The Morgan fingerprint density at radius 2 is 1.86 bits per heavy atom. The number of amides is 3. The van der Waals surface area contributed by atoms with Gasteiger partial charge in [-0.25, -0.2) is 4.98 Å². The highest BCUT2D eigenvalue weighted by molar-refractivity contribution is 6.30. The van der Waals surface area contributed by atoms with E-state index in [1.54, 1.807) is 37.5 Å². The van der Waals surface area contributed by atoms with Crippen molar-refractivity contribution in [3.05, 3.63) is 47.4 Å². The topological polar surface area (TPSA) is 138 Å². The number of halogens is 1. The minimum atomic E-state index is -0.589. The Morgan fingerprint density at radius 1 is 1.11 bits per heavy atom. The fourth-order valence-electron chi connectivity index (χ4n) is 4.23. The third-order valence-corrected chi connectivity index (χ3v) is 6.35. The van der Waals surface area contributed by atoms with E-state index in [0.717, 1.165) is 0 Å². The summed E-state index contributed by atoms with van der Waals surface area (Å²) in [6.07, 6.45) is 5.18. The molecule has 184 valence electrons. The number of nitrogens with zero attached hydrogens (tertiary/aromatic N) is 3. The molecule has 3 N–H and O–H groups in total. The van der Waals surface area contributed by atoms with E-state index in [0.29, 0.717) is 41.8 Å². The van der Waals surface area contributed by atoms with Crippen LogP contribution in [-0.4, -0.2) is 57.9 Å². The molecule has 0 saturated heterocycles. The second-order valence-electron chi connectivity index (χ2n) is 8.49. The van der Waals surface area contributed by atoms with Crippen LogP contribution >= 0.6 is 11.6 Å². The molecule has 0 aliphatic heterocycles. The maximum Gasteiger partial charge on any atom is 0.294 e. The maximum absolute atomic E-state index is 13.1. The number of carbonyl (C=O) groups is 3. The summed E-state index contributed by atoms with van der Waals surface area (Å²) in [6.45, 7) is 0.201. The molecule has 0 spiro atoms. The molecule has 1 aliphatic carbocycles. The summed E-state index contributed by atoms with van der Waals surface area (Å²) in [5.41, 5.74) is 0.917. The SMILES string of the molecule is CN(CCO)C(=O)[C@H]1CC[C@H](C(=O)Nc2c(C(=O)Nc3ccc(Cl)cn3)oc3cccnc23)CC1. The summed E-state index contributed by atoms with van der Waals surface area (Å²) in [7, 11) is 1.67. The van der Waals surface area contributed by atoms with Crippen molar-refractivity contribution >= 4 is 51.9 Å². The summed E-state index contributed by atoms with van der Waals surface area (Å²) in [4.78, 5) is 48.4. The van der Waals surface area contributed by atoms with E-state index >= 15 is 0 Å². The molecule has 0 unspecified atom stereocenters. The van der Waals surface area contributed by atoms with E-state index < -0.39 is 5.91 Å². The number of pyridine rings is 2. The number of fused-ring (bicyclic) bond motifs is 1. The lowest BCUT2D eigenvalue weighted by Gasteiger charge is -2.29. The van der Waals surface area contributed by atoms with Gasteiger partial charge in [0, 0.05) is 37.8 Å². The van der Waals surface area contributed by atoms with Crippen LogP contribution in [0, 0.1) is 11.8 Å². The number of aliphatic hydroxyl groups is 1. The van der Waals surface area contributed by atoms with E-state index in [4.69, 9.17) is 21.1 Å². The second kappa shape index (κ2) is 10.8. The lowest BCUT2D eigenvalue weighted by Crippen LogP contribution is -2.38. The molecular formula is C24H26ClN5O5. The van der Waals surface area contributed by atoms with Crippen LogP contribution in [0.1, 0.15) is 36.2 Å². The van der Waals surface area contributed by atoms with Gasteiger partial charge in [-0.15, -0.1) is 0 Å². The zero-order valence-electron chi connectivity index (χ0n) is 19.2. The number of nitrogens with one attached hydrogen (secondary N) is 2. The molecule has 10 nitrogen and oxygen atoms in total. The van der Waals surface area contributed by atoms with Gasteiger partial charge in [0.1, 0.15) is 17.0 Å². The van der Waals surface area contributed by atoms with E-state index in [1.807, 2.05) is 0 Å². The van der Waals surface area contributed by atoms with Crippen molar-refractivity contribution in [2.75, 3.05) is 30.8 Å². The number of hydrogen-bond acceptors (Lipinski definition) is 7. The van der Waals surface area contributed by atoms with Gasteiger partial charge in [0.2, 0.25) is 17.6 Å². The molecule has 4 rings (SSSR count). The Kier molecular flexibility index (Phi) is 7.62. The van der Waals surface area contributed by atoms with Crippen LogP contribution in [0.2, 0.25) is 5.02 Å². The Balaban J connectivity index is 1.48. The van der Waals surface area contributed by atoms with E-state index in [1.165, 1.54) is 11.1 Å². The van der Waals surface area contributed by atoms with Crippen molar-refractivity contribution in [2.24, 2.45) is 11.8 Å². The maximum atomic E-state index is 13.1. The molecule has 1 aliphatic rings. The number of carbonyl (C=O) groups excluding carboxylic acids is 3. The zero-order chi connectivity index (χ0) is 24.9. The standard InChI is InChI=1S/C24H26ClN5O5/c1-30(11-12-31)24(34)15-6-4-14(5-7-15)22(32)29-20-19-17(3-2-10-26-19)35-21(20)23(33)28-18-9-8-16(25)13-27-18/h2-3,8-10,13-15,31H,4-7,11-12H2,1H3,(H,29,32)(H,27,28,33)/t14-,15-. The van der Waals surface area contributed by atoms with Crippen LogP contribution in [0.3, 0.4) is 0 Å². The van der Waals surface area contributed by atoms with Crippen molar-refractivity contribution in [3.63, 3.8) is 0 Å². The lowest BCUT2D eigenvalue weighted by molar-refractivity contribution is -0.137. The van der Waals surface area contributed by atoms with Crippen LogP contribution in [0.4, 0.5) is 11.5 Å². The van der Waals surface area contributed by atoms with Gasteiger partial charge >= 0.3 is 0 Å². The summed E-state index contributed by atoms with van der Waals surface area (Å²) >= 11 is 5.85. The van der Waals surface area contributed by atoms with Gasteiger partial charge in [0.15, 0.2) is 5.58 Å². The van der Waals surface area contributed by atoms with Gasteiger partial charge in [-0.05, 0) is 49.9 Å².